The molecule has 8 amide bonds. The van der Waals surface area contributed by atoms with Crippen molar-refractivity contribution in [2.45, 2.75) is 135 Å². The van der Waals surface area contributed by atoms with Crippen molar-refractivity contribution in [2.75, 3.05) is 144 Å². The summed E-state index contributed by atoms with van der Waals surface area (Å²) in [6.07, 6.45) is 5.48. The van der Waals surface area contributed by atoms with Crippen molar-refractivity contribution >= 4 is 69.9 Å². The summed E-state index contributed by atoms with van der Waals surface area (Å²) in [5.74, 6) is 2.75. The second-order valence-corrected chi connectivity index (χ2v) is 39.5. The summed E-state index contributed by atoms with van der Waals surface area (Å²) in [5.41, 5.74) is 16.3. The van der Waals surface area contributed by atoms with E-state index >= 15 is 0 Å². The number of methoxy groups -OCH3 is 9. The second kappa shape index (κ2) is 46.0. The van der Waals surface area contributed by atoms with E-state index in [0.29, 0.717) is 126 Å². The topological polar surface area (TPSA) is 255 Å². The maximum Gasteiger partial charge on any atom is 0.264 e. The Kier molecular flexibility index (Phi) is 32.0. The lowest BCUT2D eigenvalue weighted by Gasteiger charge is -2.48. The van der Waals surface area contributed by atoms with Gasteiger partial charge >= 0.3 is 0 Å². The third-order valence-corrected chi connectivity index (χ3v) is 30.6. The summed E-state index contributed by atoms with van der Waals surface area (Å²) in [7, 11) is 14.1. The van der Waals surface area contributed by atoms with Crippen LogP contribution in [0.1, 0.15) is 212 Å². The molecular formula is C122H131N11O17. The van der Waals surface area contributed by atoms with Gasteiger partial charge in [0, 0.05) is 114 Å². The Bertz CT molecular complexity index is 7000. The Balaban J connectivity index is 0.000000131. The van der Waals surface area contributed by atoms with E-state index in [4.69, 9.17) is 42.6 Å². The summed E-state index contributed by atoms with van der Waals surface area (Å²) >= 11 is 0. The Hall–Kier alpha value is -15.6. The fourth-order valence-electron chi connectivity index (χ4n) is 23.0. The van der Waals surface area contributed by atoms with Gasteiger partial charge in [-0.25, -0.2) is 0 Å². The quantitative estimate of drug-likeness (QED) is 0.0395. The second-order valence-electron chi connectivity index (χ2n) is 39.5. The van der Waals surface area contributed by atoms with Crippen molar-refractivity contribution in [1.29, 1.82) is 0 Å². The van der Waals surface area contributed by atoms with E-state index in [9.17, 15) is 38.4 Å². The molecule has 9 aliphatic heterocycles. The van der Waals surface area contributed by atoms with Gasteiger partial charge < -0.3 is 57.3 Å². The lowest BCUT2D eigenvalue weighted by molar-refractivity contribution is 0.0599. The molecule has 4 fully saturated rings. The number of imide groups is 4. The number of anilines is 3. The van der Waals surface area contributed by atoms with Crippen molar-refractivity contribution in [1.82, 2.24) is 39.2 Å². The van der Waals surface area contributed by atoms with Gasteiger partial charge in [-0.15, -0.1) is 0 Å². The molecule has 150 heavy (non-hydrogen) atoms. The van der Waals surface area contributed by atoms with Gasteiger partial charge in [-0.05, 0) is 207 Å². The van der Waals surface area contributed by atoms with Gasteiger partial charge in [0.1, 0.15) is 0 Å². The molecule has 0 saturated carbocycles. The molecule has 4 unspecified atom stereocenters. The zero-order valence-electron chi connectivity index (χ0n) is 87.9. The molecule has 0 radical (unpaired) electrons. The highest BCUT2D eigenvalue weighted by atomic mass is 16.5. The average molecular weight is 2020 g/mol. The van der Waals surface area contributed by atoms with Gasteiger partial charge in [0.2, 0.25) is 5.75 Å². The smallest absolute Gasteiger partial charge is 0.264 e. The van der Waals surface area contributed by atoms with E-state index in [1.54, 1.807) is 97.3 Å². The van der Waals surface area contributed by atoms with Crippen LogP contribution in [0.4, 0.5) is 17.1 Å². The molecule has 12 aromatic carbocycles. The Morgan fingerprint density at radius 1 is 0.300 bits per heavy atom. The number of ether oxygens (including phenoxy) is 9. The van der Waals surface area contributed by atoms with Crippen LogP contribution in [0.15, 0.2) is 267 Å². The van der Waals surface area contributed by atoms with Gasteiger partial charge in [-0.2, -0.15) is 0 Å². The molecule has 9 heterocycles. The first-order valence-corrected chi connectivity index (χ1v) is 51.4. The highest BCUT2D eigenvalue weighted by molar-refractivity contribution is 6.26. The van der Waals surface area contributed by atoms with Crippen LogP contribution < -0.4 is 57.3 Å². The van der Waals surface area contributed by atoms with Gasteiger partial charge in [0.05, 0.1) is 151 Å². The number of piperazine rings is 3. The number of benzene rings is 12. The zero-order valence-corrected chi connectivity index (χ0v) is 87.9. The van der Waals surface area contributed by atoms with Gasteiger partial charge in [-0.3, -0.25) is 77.6 Å². The monoisotopic (exact) mass is 2020 g/mol. The summed E-state index contributed by atoms with van der Waals surface area (Å²) in [6, 6.07) is 85.5. The summed E-state index contributed by atoms with van der Waals surface area (Å²) in [6.45, 7) is 23.1. The van der Waals surface area contributed by atoms with E-state index in [-0.39, 0.29) is 85.0 Å². The average Bonchev–Trinajstić information content (AvgIpc) is 1.60. The van der Waals surface area contributed by atoms with Gasteiger partial charge in [0.25, 0.3) is 47.3 Å². The minimum absolute atomic E-state index is 0.115. The van der Waals surface area contributed by atoms with Crippen LogP contribution >= 0.6 is 0 Å². The van der Waals surface area contributed by atoms with E-state index < -0.39 is 6.04 Å². The van der Waals surface area contributed by atoms with Crippen LogP contribution in [0.5, 0.6) is 51.7 Å². The van der Waals surface area contributed by atoms with Gasteiger partial charge in [-0.1, -0.05) is 176 Å². The van der Waals surface area contributed by atoms with Crippen LogP contribution in [-0.4, -0.2) is 246 Å². The molecule has 9 aliphatic rings. The van der Waals surface area contributed by atoms with Crippen molar-refractivity contribution in [3.8, 4) is 51.7 Å². The number of hydrogen-bond donors (Lipinski definition) is 0. The molecule has 28 nitrogen and oxygen atoms in total. The molecule has 7 atom stereocenters. The first-order chi connectivity index (χ1) is 72.8. The summed E-state index contributed by atoms with van der Waals surface area (Å²) in [5, 5.41) is 0. The van der Waals surface area contributed by atoms with Crippen molar-refractivity contribution in [3.63, 3.8) is 0 Å². The highest BCUT2D eigenvalue weighted by Crippen LogP contribution is 2.48. The van der Waals surface area contributed by atoms with Crippen LogP contribution in [0.25, 0.3) is 5.57 Å². The minimum Gasteiger partial charge on any atom is -0.493 e. The molecule has 2 bridgehead atoms. The number of fused-ring (bicyclic) bond motifs is 6. The molecule has 0 aromatic heterocycles. The van der Waals surface area contributed by atoms with E-state index in [1.165, 1.54) is 63.2 Å². The molecule has 0 N–H and O–H groups in total. The van der Waals surface area contributed by atoms with E-state index in [0.717, 1.165) is 136 Å². The minimum atomic E-state index is -0.630. The lowest BCUT2D eigenvalue weighted by Crippen LogP contribution is -2.57. The Morgan fingerprint density at radius 2 is 0.687 bits per heavy atom. The zero-order chi connectivity index (χ0) is 105. The first-order valence-electron chi connectivity index (χ1n) is 51.4. The molecule has 4 saturated heterocycles. The van der Waals surface area contributed by atoms with Crippen LogP contribution in [0.2, 0.25) is 0 Å². The fraction of sp³-hybridized carbons (Fsp3) is 0.328. The van der Waals surface area contributed by atoms with Crippen molar-refractivity contribution in [2.24, 2.45) is 0 Å². The van der Waals surface area contributed by atoms with Crippen LogP contribution in [0, 0.1) is 0 Å². The highest BCUT2D eigenvalue weighted by Gasteiger charge is 2.48. The number of carbonyl (C=O) groups is 8. The molecule has 21 rings (SSSR count). The maximum atomic E-state index is 14.3. The number of rotatable bonds is 29. The number of hydrogen-bond acceptors (Lipinski definition) is 24. The number of amides is 8. The molecule has 0 aliphatic carbocycles. The SMILES string of the molecule is COc1cc(CN2C(=O)c3cccc(N4CCN(C(C)C)CC4)c3C2=O)cc(OC)c1OC.COc1ccc(C(c2ccccc2)N2C(=O)c3cccc(N4CCN([C@H](C)c5ccccc5)CC4)c3C2=O)cc1OC.COc1ccc(CN2C(=O)c3cccc(C4=CC5CCC(C4)N5Cc4ccccc4)c3C2=O)cc1OC.COc1ccc(CN2C(=O)c3cccc(N4C[C@@H](C)N(C(C)c5ccccc5)[C@@H](C)C4)c3C2=O)cc1OC. The Labute approximate surface area is 877 Å². The van der Waals surface area contributed by atoms with E-state index in [2.05, 4.69) is 161 Å². The van der Waals surface area contributed by atoms with Crippen LogP contribution in [0.3, 0.4) is 0 Å². The lowest BCUT2D eigenvalue weighted by atomic mass is 9.89. The number of nitrogens with zero attached hydrogens (tertiary/aromatic N) is 11. The third-order valence-electron chi connectivity index (χ3n) is 30.6. The maximum absolute atomic E-state index is 14.3. The normalized spacial score (nSPS) is 18.6. The molecular weight excluding hydrogens is 1890 g/mol. The molecule has 28 heteroatoms. The largest absolute Gasteiger partial charge is 0.493 e. The van der Waals surface area contributed by atoms with Gasteiger partial charge in [0.15, 0.2) is 46.0 Å². The third kappa shape index (κ3) is 20.9. The van der Waals surface area contributed by atoms with E-state index in [1.807, 2.05) is 127 Å². The molecule has 0 spiro atoms. The fourth-order valence-corrected chi connectivity index (χ4v) is 23.0. The number of carbonyl (C=O) groups excluding carboxylic acids is 8. The summed E-state index contributed by atoms with van der Waals surface area (Å²) < 4.78 is 48.7. The Morgan fingerprint density at radius 3 is 1.15 bits per heavy atom. The molecule has 12 aromatic rings. The predicted octanol–water partition coefficient (Wildman–Crippen LogP) is 19.5. The molecule has 776 valence electrons. The summed E-state index contributed by atoms with van der Waals surface area (Å²) in [4.78, 5) is 131. The standard InChI is InChI=1S/C35H35N3O4.C31H35N3O4.C31H30N2O4.C25H31N3O5/c1-24(25-11-6-4-7-12-25)36-19-21-37(22-20-36)29-16-10-15-28-32(29)35(40)38(34(28)39)33(26-13-8-5-9-14-26)27-17-18-30(41-2)31(23-27)42-3;1-20-17-32(18-21(2)34(20)22(3)24-10-7-6-8-11-24)26-13-9-12-25-29(26)31(36)33(30(25)35)19-23-14-15-27(37-4)28(16-23)38-5;1-36-27-14-11-21(15-28(27)37-2)19-33-30(34)26-10-6-9-25(29(26)31(33)35)22-16-23-12-13-24(17-22)32(23)18-20-7-4-3-5-8-20;1-16(2)26-9-11-27(12-10-26)19-8-6-7-18-22(19)25(30)28(24(18)29)15-17-13-20(31-3)23(33-5)21(14-17)32-4/h4-18,23-24,33H,19-22H2,1-3H3;6-16,20-22H,17-19H2,1-5H3;3-11,14-16,23-24H,12-13,17-19H2,1-2H3;6-8,13-14,16H,9-12,15H2,1-5H3/t24-,33?;20-,21+,22?;;/m1.../s1. The van der Waals surface area contributed by atoms with Crippen molar-refractivity contribution < 1.29 is 81.0 Å². The first kappa shape index (κ1) is 104. The predicted molar refractivity (Wildman–Crippen MR) is 579 cm³/mol. The van der Waals surface area contributed by atoms with Crippen LogP contribution in [-0.2, 0) is 26.2 Å². The van der Waals surface area contributed by atoms with Crippen molar-refractivity contribution in [3.05, 3.63) is 362 Å².